The molecule has 0 aliphatic carbocycles. The molecule has 2 aromatic carbocycles. The van der Waals surface area contributed by atoms with Gasteiger partial charge in [0, 0.05) is 26.2 Å². The Morgan fingerprint density at radius 3 is 2.31 bits per heavy atom. The van der Waals surface area contributed by atoms with E-state index >= 15 is 0 Å². The summed E-state index contributed by atoms with van der Waals surface area (Å²) < 4.78 is 14.0. The number of anilines is 1. The number of hydrogen-bond donors (Lipinski definition) is 0. The third-order valence-corrected chi connectivity index (χ3v) is 6.30. The quantitative estimate of drug-likeness (QED) is 0.686. The average molecular weight is 410 g/mol. The highest BCUT2D eigenvalue weighted by molar-refractivity contribution is 8.18. The van der Waals surface area contributed by atoms with Crippen LogP contribution in [0.2, 0.25) is 0 Å². The third kappa shape index (κ3) is 4.37. The zero-order chi connectivity index (χ0) is 20.4. The number of halogens is 1. The van der Waals surface area contributed by atoms with Gasteiger partial charge < -0.3 is 9.80 Å². The number of hydrogen-bond acceptors (Lipinski definition) is 4. The molecule has 0 bridgehead atoms. The maximum Gasteiger partial charge on any atom is 0.286 e. The number of rotatable bonds is 3. The minimum Gasteiger partial charge on any atom is -0.366 e. The number of thioether (sulfide) groups is 1. The Morgan fingerprint density at radius 2 is 1.66 bits per heavy atom. The van der Waals surface area contributed by atoms with E-state index in [1.807, 2.05) is 35.2 Å². The maximum absolute atomic E-state index is 14.0. The van der Waals surface area contributed by atoms with E-state index < -0.39 is 0 Å². The number of aliphatic imine (C=N–C) groups is 1. The van der Waals surface area contributed by atoms with E-state index in [0.29, 0.717) is 42.7 Å². The van der Waals surface area contributed by atoms with Gasteiger partial charge in [0.25, 0.3) is 5.91 Å². The first-order valence-corrected chi connectivity index (χ1v) is 10.7. The van der Waals surface area contributed by atoms with Crippen molar-refractivity contribution >= 4 is 34.6 Å². The Labute approximate surface area is 175 Å². The van der Waals surface area contributed by atoms with Gasteiger partial charge in [0.2, 0.25) is 0 Å². The van der Waals surface area contributed by atoms with E-state index in [4.69, 9.17) is 0 Å². The monoisotopic (exact) mass is 409 g/mol. The van der Waals surface area contributed by atoms with E-state index in [1.165, 1.54) is 23.4 Å². The van der Waals surface area contributed by atoms with Crippen LogP contribution >= 0.6 is 11.8 Å². The van der Waals surface area contributed by atoms with Crippen molar-refractivity contribution in [2.24, 2.45) is 4.99 Å². The molecule has 0 spiro atoms. The predicted molar refractivity (Wildman–Crippen MR) is 119 cm³/mol. The van der Waals surface area contributed by atoms with Crippen LogP contribution in [0.15, 0.2) is 58.4 Å². The van der Waals surface area contributed by atoms with Gasteiger partial charge in [-0.2, -0.15) is 4.99 Å². The standard InChI is InChI=1S/C23H24FN3OS/c1-16(2)18-9-7-17(8-10-18)15-21-22(28)25-23(29-21)27-13-11-26(12-14-27)20-6-4-3-5-19(20)24/h3-10,15-16H,11-14H2,1-2H3. The molecular weight excluding hydrogens is 385 g/mol. The molecular formula is C23H24FN3OS. The Balaban J connectivity index is 1.39. The smallest absolute Gasteiger partial charge is 0.286 e. The summed E-state index contributed by atoms with van der Waals surface area (Å²) >= 11 is 1.43. The average Bonchev–Trinajstić information content (AvgIpc) is 3.09. The molecule has 29 heavy (non-hydrogen) atoms. The van der Waals surface area contributed by atoms with Gasteiger partial charge in [-0.1, -0.05) is 50.2 Å². The zero-order valence-corrected chi connectivity index (χ0v) is 17.5. The molecule has 0 radical (unpaired) electrons. The van der Waals surface area contributed by atoms with Gasteiger partial charge in [-0.05, 0) is 47.0 Å². The Hall–Kier alpha value is -2.60. The summed E-state index contributed by atoms with van der Waals surface area (Å²) in [6, 6.07) is 15.1. The largest absolute Gasteiger partial charge is 0.366 e. The SMILES string of the molecule is CC(C)c1ccc(C=C2SC(N3CCN(c4ccccc4F)CC3)=NC2=O)cc1. The summed E-state index contributed by atoms with van der Waals surface area (Å²) in [7, 11) is 0. The van der Waals surface area contributed by atoms with Crippen LogP contribution in [0.1, 0.15) is 30.9 Å². The highest BCUT2D eigenvalue weighted by atomic mass is 32.2. The highest BCUT2D eigenvalue weighted by Crippen LogP contribution is 2.31. The lowest BCUT2D eigenvalue weighted by molar-refractivity contribution is -0.113. The van der Waals surface area contributed by atoms with Crippen molar-refractivity contribution < 1.29 is 9.18 Å². The van der Waals surface area contributed by atoms with Crippen molar-refractivity contribution in [3.63, 3.8) is 0 Å². The first kappa shape index (κ1) is 19.7. The van der Waals surface area contributed by atoms with Crippen molar-refractivity contribution in [2.75, 3.05) is 31.1 Å². The molecule has 0 atom stereocenters. The number of amides is 1. The molecule has 0 unspecified atom stereocenters. The van der Waals surface area contributed by atoms with Crippen molar-refractivity contribution in [3.8, 4) is 0 Å². The second kappa shape index (κ2) is 8.41. The van der Waals surface area contributed by atoms with Gasteiger partial charge in [-0.15, -0.1) is 0 Å². The van der Waals surface area contributed by atoms with Gasteiger partial charge in [0.15, 0.2) is 5.17 Å². The van der Waals surface area contributed by atoms with Crippen LogP contribution in [0.5, 0.6) is 0 Å². The molecule has 4 rings (SSSR count). The summed E-state index contributed by atoms with van der Waals surface area (Å²) in [5, 5.41) is 0.744. The first-order valence-electron chi connectivity index (χ1n) is 9.88. The van der Waals surface area contributed by atoms with Gasteiger partial charge in [0.05, 0.1) is 10.6 Å². The number of piperazine rings is 1. The van der Waals surface area contributed by atoms with E-state index in [2.05, 4.69) is 35.9 Å². The summed E-state index contributed by atoms with van der Waals surface area (Å²) in [5.41, 5.74) is 2.92. The number of benzene rings is 2. The molecule has 2 aliphatic rings. The van der Waals surface area contributed by atoms with Gasteiger partial charge in [0.1, 0.15) is 5.82 Å². The molecule has 0 aromatic heterocycles. The lowest BCUT2D eigenvalue weighted by Crippen LogP contribution is -2.48. The number of carbonyl (C=O) groups is 1. The molecule has 0 N–H and O–H groups in total. The second-order valence-corrected chi connectivity index (χ2v) is 8.57. The summed E-state index contributed by atoms with van der Waals surface area (Å²) in [5.74, 6) is 0.101. The minimum atomic E-state index is -0.197. The fourth-order valence-electron chi connectivity index (χ4n) is 3.51. The fraction of sp³-hybridized carbons (Fsp3) is 0.304. The molecule has 1 fully saturated rings. The maximum atomic E-state index is 14.0. The lowest BCUT2D eigenvalue weighted by atomic mass is 10.0. The van der Waals surface area contributed by atoms with E-state index in [1.54, 1.807) is 6.07 Å². The normalized spacial score (nSPS) is 18.7. The van der Waals surface area contributed by atoms with E-state index in [0.717, 1.165) is 10.7 Å². The van der Waals surface area contributed by atoms with Crippen LogP contribution in [0.25, 0.3) is 6.08 Å². The summed E-state index contributed by atoms with van der Waals surface area (Å²) in [6.45, 7) is 7.15. The minimum absolute atomic E-state index is 0.186. The van der Waals surface area contributed by atoms with Crippen LogP contribution < -0.4 is 4.90 Å². The van der Waals surface area contributed by atoms with Crippen molar-refractivity contribution in [1.82, 2.24) is 4.90 Å². The van der Waals surface area contributed by atoms with Crippen LogP contribution in [-0.2, 0) is 4.79 Å². The second-order valence-electron chi connectivity index (χ2n) is 7.56. The predicted octanol–water partition coefficient (Wildman–Crippen LogP) is 4.74. The Kier molecular flexibility index (Phi) is 5.72. The van der Waals surface area contributed by atoms with Crippen LogP contribution in [0.3, 0.4) is 0 Å². The number of carbonyl (C=O) groups excluding carboxylic acids is 1. The number of nitrogens with zero attached hydrogens (tertiary/aromatic N) is 3. The summed E-state index contributed by atoms with van der Waals surface area (Å²) in [6.07, 6.45) is 1.91. The molecule has 0 saturated carbocycles. The fourth-order valence-corrected chi connectivity index (χ4v) is 4.47. The number of para-hydroxylation sites is 1. The first-order chi connectivity index (χ1) is 14.0. The van der Waals surface area contributed by atoms with Crippen LogP contribution in [0.4, 0.5) is 10.1 Å². The van der Waals surface area contributed by atoms with Crippen molar-refractivity contribution in [1.29, 1.82) is 0 Å². The zero-order valence-electron chi connectivity index (χ0n) is 16.6. The third-order valence-electron chi connectivity index (χ3n) is 5.25. The van der Waals surface area contributed by atoms with Crippen LogP contribution in [0, 0.1) is 5.82 Å². The number of amidine groups is 1. The van der Waals surface area contributed by atoms with Gasteiger partial charge >= 0.3 is 0 Å². The molecule has 1 saturated heterocycles. The molecule has 2 heterocycles. The van der Waals surface area contributed by atoms with E-state index in [9.17, 15) is 9.18 Å². The van der Waals surface area contributed by atoms with Gasteiger partial charge in [-0.3, -0.25) is 4.79 Å². The Morgan fingerprint density at radius 1 is 1.00 bits per heavy atom. The van der Waals surface area contributed by atoms with E-state index in [-0.39, 0.29) is 11.7 Å². The molecule has 1 amide bonds. The highest BCUT2D eigenvalue weighted by Gasteiger charge is 2.29. The van der Waals surface area contributed by atoms with Crippen molar-refractivity contribution in [3.05, 3.63) is 70.4 Å². The Bertz CT molecular complexity index is 960. The van der Waals surface area contributed by atoms with Crippen LogP contribution in [-0.4, -0.2) is 42.2 Å². The molecule has 2 aromatic rings. The van der Waals surface area contributed by atoms with Gasteiger partial charge in [-0.25, -0.2) is 4.39 Å². The lowest BCUT2D eigenvalue weighted by Gasteiger charge is -2.36. The van der Waals surface area contributed by atoms with Crippen molar-refractivity contribution in [2.45, 2.75) is 19.8 Å². The molecule has 6 heteroatoms. The molecule has 150 valence electrons. The topological polar surface area (TPSA) is 35.9 Å². The summed E-state index contributed by atoms with van der Waals surface area (Å²) in [4.78, 5) is 21.4. The molecule has 4 nitrogen and oxygen atoms in total. The molecule has 2 aliphatic heterocycles.